The maximum atomic E-state index is 13.8. The molecule has 0 saturated heterocycles. The topological polar surface area (TPSA) is 59.2 Å². The zero-order valence-electron chi connectivity index (χ0n) is 15.4. The van der Waals surface area contributed by atoms with E-state index < -0.39 is 23.5 Å². The fraction of sp³-hybridized carbons (Fsp3) is 0.250. The molecule has 0 atom stereocenters. The van der Waals surface area contributed by atoms with Crippen LogP contribution in [-0.4, -0.2) is 22.6 Å². The number of carbonyl (C=O) groups excluding carboxylic acids is 1. The number of carbonyl (C=O) groups is 1. The largest absolute Gasteiger partial charge is 0.416 e. The van der Waals surface area contributed by atoms with Crippen molar-refractivity contribution < 1.29 is 26.9 Å². The summed E-state index contributed by atoms with van der Waals surface area (Å²) in [6, 6.07) is 10.5. The van der Waals surface area contributed by atoms with E-state index in [-0.39, 0.29) is 42.4 Å². The Morgan fingerprint density at radius 1 is 1.14 bits per heavy atom. The highest BCUT2D eigenvalue weighted by atomic mass is 19.4. The number of amides is 1. The quantitative estimate of drug-likeness (QED) is 0.547. The fourth-order valence-electron chi connectivity index (χ4n) is 2.81. The lowest BCUT2D eigenvalue weighted by Crippen LogP contribution is -2.31. The fourth-order valence-corrected chi connectivity index (χ4v) is 2.81. The minimum absolute atomic E-state index is 0.0526. The molecule has 3 aromatic rings. The Morgan fingerprint density at radius 2 is 1.90 bits per heavy atom. The summed E-state index contributed by atoms with van der Waals surface area (Å²) in [4.78, 5) is 17.9. The van der Waals surface area contributed by atoms with E-state index in [1.54, 1.807) is 13.0 Å². The number of halogens is 4. The average molecular weight is 407 g/mol. The van der Waals surface area contributed by atoms with Crippen molar-refractivity contribution >= 4 is 11.6 Å². The molecule has 1 heterocycles. The number of hydrogen-bond donors (Lipinski definition) is 0. The molecule has 152 valence electrons. The molecule has 9 heteroatoms. The molecule has 0 N–H and O–H groups in total. The second-order valence-electron chi connectivity index (χ2n) is 6.18. The van der Waals surface area contributed by atoms with Crippen LogP contribution in [0.5, 0.6) is 0 Å². The first-order valence-corrected chi connectivity index (χ1v) is 8.84. The number of rotatable bonds is 6. The van der Waals surface area contributed by atoms with Gasteiger partial charge in [-0.15, -0.1) is 0 Å². The van der Waals surface area contributed by atoms with Crippen LogP contribution in [0.3, 0.4) is 0 Å². The van der Waals surface area contributed by atoms with Gasteiger partial charge in [0.15, 0.2) is 0 Å². The van der Waals surface area contributed by atoms with Crippen LogP contribution in [0.4, 0.5) is 23.2 Å². The van der Waals surface area contributed by atoms with Crippen molar-refractivity contribution in [3.05, 3.63) is 65.8 Å². The Labute approximate surface area is 164 Å². The molecule has 3 rings (SSSR count). The van der Waals surface area contributed by atoms with Crippen LogP contribution in [0.25, 0.3) is 11.4 Å². The van der Waals surface area contributed by atoms with Crippen LogP contribution in [0, 0.1) is 5.82 Å². The number of alkyl halides is 3. The smallest absolute Gasteiger partial charge is 0.339 e. The van der Waals surface area contributed by atoms with Crippen molar-refractivity contribution in [2.75, 3.05) is 11.4 Å². The van der Waals surface area contributed by atoms with E-state index in [0.29, 0.717) is 0 Å². The van der Waals surface area contributed by atoms with Crippen LogP contribution in [0.15, 0.2) is 53.1 Å². The lowest BCUT2D eigenvalue weighted by molar-refractivity contribution is -0.137. The summed E-state index contributed by atoms with van der Waals surface area (Å²) in [6.07, 6.45) is -4.47. The number of nitrogens with zero attached hydrogens (tertiary/aromatic N) is 3. The van der Waals surface area contributed by atoms with Gasteiger partial charge >= 0.3 is 6.18 Å². The first-order chi connectivity index (χ1) is 13.8. The van der Waals surface area contributed by atoms with Crippen LogP contribution in [0.2, 0.25) is 0 Å². The Kier molecular flexibility index (Phi) is 5.95. The molecule has 0 aliphatic carbocycles. The monoisotopic (exact) mass is 407 g/mol. The normalized spacial score (nSPS) is 11.5. The molecule has 1 aromatic heterocycles. The molecular formula is C20H17F4N3O2. The highest BCUT2D eigenvalue weighted by Gasteiger charge is 2.31. The summed E-state index contributed by atoms with van der Waals surface area (Å²) in [5.41, 5.74) is -0.495. The minimum atomic E-state index is -4.49. The Bertz CT molecular complexity index is 1000. The van der Waals surface area contributed by atoms with E-state index in [0.717, 1.165) is 12.1 Å². The molecular weight excluding hydrogens is 390 g/mol. The zero-order valence-corrected chi connectivity index (χ0v) is 15.4. The van der Waals surface area contributed by atoms with Gasteiger partial charge in [-0.1, -0.05) is 23.4 Å². The van der Waals surface area contributed by atoms with Crippen LogP contribution < -0.4 is 4.90 Å². The Hall–Kier alpha value is -3.23. The average Bonchev–Trinajstić information content (AvgIpc) is 3.16. The van der Waals surface area contributed by atoms with Crippen molar-refractivity contribution in [1.82, 2.24) is 10.1 Å². The SMILES string of the molecule is CCN(C(=O)CCc1nc(-c2ccccc2F)no1)c1cccc(C(F)(F)F)c1. The van der Waals surface area contributed by atoms with Crippen molar-refractivity contribution in [3.63, 3.8) is 0 Å². The molecule has 0 spiro atoms. The van der Waals surface area contributed by atoms with Gasteiger partial charge in [-0.25, -0.2) is 4.39 Å². The molecule has 0 unspecified atom stereocenters. The van der Waals surface area contributed by atoms with Gasteiger partial charge in [-0.2, -0.15) is 18.2 Å². The van der Waals surface area contributed by atoms with E-state index in [1.165, 1.54) is 35.2 Å². The third kappa shape index (κ3) is 4.79. The Morgan fingerprint density at radius 3 is 2.59 bits per heavy atom. The van der Waals surface area contributed by atoms with Crippen molar-refractivity contribution in [2.45, 2.75) is 25.9 Å². The van der Waals surface area contributed by atoms with Gasteiger partial charge in [0.05, 0.1) is 11.1 Å². The summed E-state index contributed by atoms with van der Waals surface area (Å²) < 4.78 is 57.6. The standard InChI is InChI=1S/C20H17F4N3O2/c1-2-27(14-7-5-6-13(12-14)20(22,23)24)18(28)11-10-17-25-19(26-29-17)15-8-3-4-9-16(15)21/h3-9,12H,2,10-11H2,1H3. The van der Waals surface area contributed by atoms with Crippen molar-refractivity contribution in [2.24, 2.45) is 0 Å². The van der Waals surface area contributed by atoms with Gasteiger partial charge in [0.25, 0.3) is 0 Å². The number of anilines is 1. The zero-order chi connectivity index (χ0) is 21.0. The highest BCUT2D eigenvalue weighted by Crippen LogP contribution is 2.31. The molecule has 2 aromatic carbocycles. The van der Waals surface area contributed by atoms with Gasteiger partial charge in [0.1, 0.15) is 5.82 Å². The van der Waals surface area contributed by atoms with Crippen LogP contribution in [-0.2, 0) is 17.4 Å². The lowest BCUT2D eigenvalue weighted by atomic mass is 10.1. The van der Waals surface area contributed by atoms with Gasteiger partial charge in [-0.3, -0.25) is 4.79 Å². The highest BCUT2D eigenvalue weighted by molar-refractivity contribution is 5.93. The summed E-state index contributed by atoms with van der Waals surface area (Å²) in [5.74, 6) is -0.692. The van der Waals surface area contributed by atoms with E-state index >= 15 is 0 Å². The summed E-state index contributed by atoms with van der Waals surface area (Å²) in [7, 11) is 0. The predicted molar refractivity (Wildman–Crippen MR) is 97.5 cm³/mol. The lowest BCUT2D eigenvalue weighted by Gasteiger charge is -2.22. The number of benzene rings is 2. The van der Waals surface area contributed by atoms with Crippen LogP contribution >= 0.6 is 0 Å². The maximum Gasteiger partial charge on any atom is 0.416 e. The van der Waals surface area contributed by atoms with E-state index in [4.69, 9.17) is 4.52 Å². The van der Waals surface area contributed by atoms with Gasteiger partial charge in [-0.05, 0) is 37.3 Å². The Balaban J connectivity index is 1.69. The number of hydrogen-bond acceptors (Lipinski definition) is 4. The summed E-state index contributed by atoms with van der Waals surface area (Å²) in [5, 5.41) is 3.71. The molecule has 5 nitrogen and oxygen atoms in total. The van der Waals surface area contributed by atoms with E-state index in [2.05, 4.69) is 10.1 Å². The summed E-state index contributed by atoms with van der Waals surface area (Å²) >= 11 is 0. The first kappa shape index (κ1) is 20.5. The second kappa shape index (κ2) is 8.42. The second-order valence-corrected chi connectivity index (χ2v) is 6.18. The summed E-state index contributed by atoms with van der Waals surface area (Å²) in [6.45, 7) is 1.87. The van der Waals surface area contributed by atoms with E-state index in [1.807, 2.05) is 0 Å². The minimum Gasteiger partial charge on any atom is -0.339 e. The van der Waals surface area contributed by atoms with Gasteiger partial charge < -0.3 is 9.42 Å². The van der Waals surface area contributed by atoms with Gasteiger partial charge in [0, 0.05) is 25.1 Å². The van der Waals surface area contributed by atoms with Gasteiger partial charge in [0.2, 0.25) is 17.6 Å². The number of aryl methyl sites for hydroxylation is 1. The molecule has 0 fully saturated rings. The third-order valence-electron chi connectivity index (χ3n) is 4.24. The van der Waals surface area contributed by atoms with Crippen LogP contribution in [0.1, 0.15) is 24.8 Å². The molecule has 0 radical (unpaired) electrons. The molecule has 0 saturated carbocycles. The first-order valence-electron chi connectivity index (χ1n) is 8.84. The van der Waals surface area contributed by atoms with Crippen molar-refractivity contribution in [1.29, 1.82) is 0 Å². The molecule has 1 amide bonds. The molecule has 29 heavy (non-hydrogen) atoms. The number of aromatic nitrogens is 2. The maximum absolute atomic E-state index is 13.8. The van der Waals surface area contributed by atoms with E-state index in [9.17, 15) is 22.4 Å². The van der Waals surface area contributed by atoms with Crippen molar-refractivity contribution in [3.8, 4) is 11.4 Å². The molecule has 0 aliphatic heterocycles. The third-order valence-corrected chi connectivity index (χ3v) is 4.24. The molecule has 0 bridgehead atoms. The molecule has 0 aliphatic rings. The predicted octanol–water partition coefficient (Wildman–Crippen LogP) is 4.88.